The summed E-state index contributed by atoms with van der Waals surface area (Å²) < 4.78 is 0. The molecule has 0 radical (unpaired) electrons. The molecule has 0 heterocycles. The van der Waals surface area contributed by atoms with E-state index in [9.17, 15) is 0 Å². The average molecular weight is 373 g/mol. The van der Waals surface area contributed by atoms with Gasteiger partial charge in [0.25, 0.3) is 0 Å². The molecule has 1 heteroatoms. The summed E-state index contributed by atoms with van der Waals surface area (Å²) in [5.74, 6) is 2.69. The fourth-order valence-electron chi connectivity index (χ4n) is 5.14. The van der Waals surface area contributed by atoms with Crippen LogP contribution in [0.25, 0.3) is 0 Å². The number of rotatable bonds is 17. The molecule has 0 aromatic heterocycles. The molecule has 0 fully saturated rings. The Balaban J connectivity index is 4.15. The fourth-order valence-corrected chi connectivity index (χ4v) is 12.5. The van der Waals surface area contributed by atoms with Crippen LogP contribution >= 0.6 is 7.26 Å². The molecule has 154 valence electrons. The molecule has 0 saturated carbocycles. The quantitative estimate of drug-likeness (QED) is 0.177. The van der Waals surface area contributed by atoms with Crippen molar-refractivity contribution in [3.05, 3.63) is 0 Å². The maximum absolute atomic E-state index is 2.46. The molecular weight excluding hydrogens is 319 g/mol. The summed E-state index contributed by atoms with van der Waals surface area (Å²) >= 11 is 0. The number of hydrogen-bond donors (Lipinski definition) is 0. The van der Waals surface area contributed by atoms with Gasteiger partial charge in [0, 0.05) is 0 Å². The van der Waals surface area contributed by atoms with Gasteiger partial charge in [0.05, 0.1) is 0 Å². The Bertz CT molecular complexity index is 253. The van der Waals surface area contributed by atoms with E-state index in [1.54, 1.807) is 24.6 Å². The molecule has 0 unspecified atom stereocenters. The van der Waals surface area contributed by atoms with Crippen molar-refractivity contribution in [3.63, 3.8) is 0 Å². The van der Waals surface area contributed by atoms with Crippen LogP contribution in [0.4, 0.5) is 0 Å². The first-order chi connectivity index (χ1) is 11.8. The first kappa shape index (κ1) is 25.4. The van der Waals surface area contributed by atoms with Crippen molar-refractivity contribution in [2.45, 2.75) is 113 Å². The zero-order chi connectivity index (χ0) is 19.1. The van der Waals surface area contributed by atoms with Gasteiger partial charge in [-0.25, -0.2) is 0 Å². The van der Waals surface area contributed by atoms with E-state index in [2.05, 4.69) is 48.5 Å². The Morgan fingerprint density at radius 1 is 0.480 bits per heavy atom. The van der Waals surface area contributed by atoms with E-state index in [1.165, 1.54) is 64.2 Å². The minimum atomic E-state index is -1.08. The Labute approximate surface area is 162 Å². The van der Waals surface area contributed by atoms with Crippen molar-refractivity contribution < 1.29 is 0 Å². The van der Waals surface area contributed by atoms with E-state index < -0.39 is 7.26 Å². The van der Waals surface area contributed by atoms with Crippen molar-refractivity contribution in [3.8, 4) is 0 Å². The predicted octanol–water partition coefficient (Wildman–Crippen LogP) is 8.63. The molecule has 25 heavy (non-hydrogen) atoms. The zero-order valence-corrected chi connectivity index (χ0v) is 20.1. The fraction of sp³-hybridized carbons (Fsp3) is 1.00. The van der Waals surface area contributed by atoms with Crippen LogP contribution < -0.4 is 0 Å². The summed E-state index contributed by atoms with van der Waals surface area (Å²) in [6.07, 6.45) is 21.0. The maximum atomic E-state index is 2.46. The summed E-state index contributed by atoms with van der Waals surface area (Å²) in [6, 6.07) is 0. The Hall–Kier alpha value is 0.430. The van der Waals surface area contributed by atoms with Crippen molar-refractivity contribution >= 4 is 7.26 Å². The van der Waals surface area contributed by atoms with Crippen molar-refractivity contribution in [1.29, 1.82) is 0 Å². The summed E-state index contributed by atoms with van der Waals surface area (Å²) in [7, 11) is -1.08. The molecule has 0 aliphatic heterocycles. The van der Waals surface area contributed by atoms with Crippen molar-refractivity contribution in [2.24, 2.45) is 17.8 Å². The van der Waals surface area contributed by atoms with E-state index in [4.69, 9.17) is 0 Å². The molecule has 0 atom stereocenters. The monoisotopic (exact) mass is 372 g/mol. The van der Waals surface area contributed by atoms with Gasteiger partial charge in [-0.15, -0.1) is 0 Å². The standard InChI is InChI=1S/C24H53P/c1-8-9-10-11-12-13-14-15-16-17-18-25(19-22(2)3,20-23(4)5)21-24(6)7/h22-25H,8-21H2,1-7H3. The summed E-state index contributed by atoms with van der Waals surface area (Å²) in [4.78, 5) is 0. The van der Waals surface area contributed by atoms with Gasteiger partial charge < -0.3 is 0 Å². The van der Waals surface area contributed by atoms with Gasteiger partial charge in [-0.2, -0.15) is 0 Å². The second kappa shape index (κ2) is 15.5. The molecule has 0 bridgehead atoms. The first-order valence-corrected chi connectivity index (χ1v) is 14.6. The third-order valence-electron chi connectivity index (χ3n) is 5.58. The third-order valence-corrected chi connectivity index (χ3v) is 12.0. The average Bonchev–Trinajstić information content (AvgIpc) is 2.47. The van der Waals surface area contributed by atoms with Gasteiger partial charge in [0.15, 0.2) is 0 Å². The van der Waals surface area contributed by atoms with Gasteiger partial charge in [0.2, 0.25) is 0 Å². The summed E-state index contributed by atoms with van der Waals surface area (Å²) in [6.45, 7) is 17.1. The SMILES string of the molecule is CCCCCCCCCCCC[PH](CC(C)C)(CC(C)C)CC(C)C. The molecule has 0 rings (SSSR count). The molecule has 0 aromatic carbocycles. The molecule has 0 saturated heterocycles. The van der Waals surface area contributed by atoms with E-state index in [0.717, 1.165) is 17.8 Å². The van der Waals surface area contributed by atoms with Gasteiger partial charge in [-0.1, -0.05) is 0 Å². The molecule has 0 aliphatic rings. The zero-order valence-electron chi connectivity index (χ0n) is 19.1. The normalized spacial score (nSPS) is 13.4. The summed E-state index contributed by atoms with van der Waals surface area (Å²) in [5, 5.41) is 0. The van der Waals surface area contributed by atoms with Crippen LogP contribution in [0.3, 0.4) is 0 Å². The van der Waals surface area contributed by atoms with Gasteiger partial charge in [0.1, 0.15) is 0 Å². The van der Waals surface area contributed by atoms with E-state index in [1.807, 2.05) is 0 Å². The topological polar surface area (TPSA) is 0 Å². The molecule has 0 aromatic rings. The van der Waals surface area contributed by atoms with Crippen LogP contribution in [0.1, 0.15) is 113 Å². The van der Waals surface area contributed by atoms with E-state index >= 15 is 0 Å². The van der Waals surface area contributed by atoms with Crippen LogP contribution in [-0.4, -0.2) is 24.6 Å². The molecular formula is C24H53P. The van der Waals surface area contributed by atoms with Gasteiger partial charge in [-0.05, 0) is 0 Å². The second-order valence-corrected chi connectivity index (χ2v) is 15.0. The van der Waals surface area contributed by atoms with Gasteiger partial charge >= 0.3 is 162 Å². The minimum absolute atomic E-state index is 0.896. The summed E-state index contributed by atoms with van der Waals surface area (Å²) in [5.41, 5.74) is 0. The van der Waals surface area contributed by atoms with Crippen LogP contribution in [0.5, 0.6) is 0 Å². The predicted molar refractivity (Wildman–Crippen MR) is 124 cm³/mol. The molecule has 0 amide bonds. The van der Waals surface area contributed by atoms with Gasteiger partial charge in [-0.3, -0.25) is 0 Å². The van der Waals surface area contributed by atoms with Crippen molar-refractivity contribution in [1.82, 2.24) is 0 Å². The van der Waals surface area contributed by atoms with Crippen LogP contribution in [0.2, 0.25) is 0 Å². The number of hydrogen-bond acceptors (Lipinski definition) is 0. The van der Waals surface area contributed by atoms with Crippen LogP contribution in [0, 0.1) is 17.8 Å². The second-order valence-electron chi connectivity index (χ2n) is 10.2. The van der Waals surface area contributed by atoms with E-state index in [0.29, 0.717) is 0 Å². The Morgan fingerprint density at radius 3 is 1.12 bits per heavy atom. The van der Waals surface area contributed by atoms with Crippen LogP contribution in [-0.2, 0) is 0 Å². The van der Waals surface area contributed by atoms with E-state index in [-0.39, 0.29) is 0 Å². The molecule has 0 aliphatic carbocycles. The molecule has 0 nitrogen and oxygen atoms in total. The van der Waals surface area contributed by atoms with Crippen LogP contribution in [0.15, 0.2) is 0 Å². The Kier molecular flexibility index (Phi) is 15.8. The number of unbranched alkanes of at least 4 members (excludes halogenated alkanes) is 9. The third kappa shape index (κ3) is 15.2. The van der Waals surface area contributed by atoms with Crippen molar-refractivity contribution in [2.75, 3.05) is 24.6 Å². The first-order valence-electron chi connectivity index (χ1n) is 11.8. The Morgan fingerprint density at radius 2 is 0.800 bits per heavy atom. The molecule has 0 spiro atoms. The molecule has 0 N–H and O–H groups in total.